The highest BCUT2D eigenvalue weighted by Crippen LogP contribution is 2.14. The Hall–Kier alpha value is -4.48. The summed E-state index contributed by atoms with van der Waals surface area (Å²) in [5.41, 5.74) is 2.19. The summed E-state index contributed by atoms with van der Waals surface area (Å²) in [5.74, 6) is -0.695. The molecule has 0 rings (SSSR count). The van der Waals surface area contributed by atoms with Crippen LogP contribution in [0.5, 0.6) is 0 Å². The summed E-state index contributed by atoms with van der Waals surface area (Å²) in [6.07, 6.45) is 16.4. The maximum atomic E-state index is 12.3. The van der Waals surface area contributed by atoms with Gasteiger partial charge in [-0.3, -0.25) is 34.6 Å². The van der Waals surface area contributed by atoms with E-state index in [1.807, 2.05) is 0 Å². The standard InChI is InChI=1S/C45H82N6O16/c46-51-37(45(62)63)17-15-16-25-47-38(52)22-20-36(44(60)61)50-41(55)24-27-64-29-31-66-33-34-67-32-30-65-28-26-48-39(53)23-21-35(43(58)59)49-40(54)18-13-11-9-7-5-3-1-2-4-6-8-10-12-14-19-42(56)57/h35-37,51H,1-34,46H2,(H,47,52)(H,48,53)(H,49,54)(H,50,55)(H,56,57)(H,58,59)(H,60,61)(H,62,63)/t35-,36-,37-/m0/s1. The molecule has 0 aromatic rings. The van der Waals surface area contributed by atoms with E-state index in [0.717, 1.165) is 44.9 Å². The molecule has 0 aromatic heterocycles. The van der Waals surface area contributed by atoms with Gasteiger partial charge < -0.3 is 60.6 Å². The number of amides is 4. The Morgan fingerprint density at radius 1 is 0.358 bits per heavy atom. The third kappa shape index (κ3) is 41.4. The highest BCUT2D eigenvalue weighted by molar-refractivity contribution is 5.85. The molecule has 0 bridgehead atoms. The Kier molecular flexibility index (Phi) is 41.1. The first-order valence-corrected chi connectivity index (χ1v) is 24.1. The monoisotopic (exact) mass is 963 g/mol. The molecule has 0 saturated carbocycles. The van der Waals surface area contributed by atoms with Crippen LogP contribution in [0.25, 0.3) is 0 Å². The summed E-state index contributed by atoms with van der Waals surface area (Å²) < 4.78 is 21.6. The quantitative estimate of drug-likeness (QED) is 0.0238. The number of hydrogen-bond acceptors (Lipinski definition) is 14. The van der Waals surface area contributed by atoms with Crippen LogP contribution in [-0.2, 0) is 57.3 Å². The maximum Gasteiger partial charge on any atom is 0.326 e. The summed E-state index contributed by atoms with van der Waals surface area (Å²) in [4.78, 5) is 93.5. The van der Waals surface area contributed by atoms with E-state index >= 15 is 0 Å². The van der Waals surface area contributed by atoms with Crippen molar-refractivity contribution in [3.63, 3.8) is 0 Å². The molecule has 0 heterocycles. The minimum atomic E-state index is -1.27. The highest BCUT2D eigenvalue weighted by Gasteiger charge is 2.22. The Balaban J connectivity index is 3.76. The van der Waals surface area contributed by atoms with Gasteiger partial charge in [-0.05, 0) is 44.9 Å². The fraction of sp³-hybridized carbons (Fsp3) is 0.822. The Morgan fingerprint density at radius 3 is 1.15 bits per heavy atom. The van der Waals surface area contributed by atoms with Gasteiger partial charge in [0.25, 0.3) is 0 Å². The number of nitrogens with two attached hydrogens (primary N) is 1. The number of nitrogens with one attached hydrogen (secondary N) is 5. The number of ether oxygens (including phenoxy) is 4. The topological polar surface area (TPSA) is 341 Å². The molecule has 3 atom stereocenters. The van der Waals surface area contributed by atoms with Crippen molar-refractivity contribution in [3.8, 4) is 0 Å². The van der Waals surface area contributed by atoms with Crippen LogP contribution >= 0.6 is 0 Å². The van der Waals surface area contributed by atoms with Crippen molar-refractivity contribution in [2.24, 2.45) is 5.84 Å². The van der Waals surface area contributed by atoms with Crippen LogP contribution in [0.15, 0.2) is 0 Å². The molecule has 0 spiro atoms. The number of unbranched alkanes of at least 4 members (excludes halogenated alkanes) is 14. The van der Waals surface area contributed by atoms with Gasteiger partial charge in [-0.1, -0.05) is 77.0 Å². The molecular formula is C45H82N6O16. The SMILES string of the molecule is NN[C@@H](CCCCNC(=O)CC[C@H](NC(=O)CCOCCOCCOCCOCCNC(=O)CC[C@H](NC(=O)CCCCCCCCCCCCCCCCC(=O)O)C(=O)O)C(=O)O)C(=O)O. The number of rotatable bonds is 49. The maximum absolute atomic E-state index is 12.3. The molecule has 0 unspecified atom stereocenters. The average Bonchev–Trinajstić information content (AvgIpc) is 3.28. The van der Waals surface area contributed by atoms with Gasteiger partial charge in [0.15, 0.2) is 0 Å². The lowest BCUT2D eigenvalue weighted by molar-refractivity contribution is -0.142. The highest BCUT2D eigenvalue weighted by atomic mass is 16.6. The van der Waals surface area contributed by atoms with E-state index in [-0.39, 0.29) is 128 Å². The summed E-state index contributed by atoms with van der Waals surface area (Å²) in [5, 5.41) is 46.8. The molecule has 0 aromatic carbocycles. The molecular weight excluding hydrogens is 881 g/mol. The first-order valence-electron chi connectivity index (χ1n) is 24.1. The fourth-order valence-corrected chi connectivity index (χ4v) is 6.63. The van der Waals surface area contributed by atoms with Gasteiger partial charge >= 0.3 is 23.9 Å². The van der Waals surface area contributed by atoms with Crippen LogP contribution in [0.3, 0.4) is 0 Å². The number of carboxylic acids is 4. The van der Waals surface area contributed by atoms with Crippen LogP contribution in [-0.4, -0.2) is 152 Å². The lowest BCUT2D eigenvalue weighted by Gasteiger charge is -2.15. The zero-order chi connectivity index (χ0) is 49.8. The van der Waals surface area contributed by atoms with Crippen molar-refractivity contribution < 1.29 is 77.7 Å². The second-order valence-corrected chi connectivity index (χ2v) is 16.3. The molecule has 0 aliphatic rings. The number of hydrogen-bond donors (Lipinski definition) is 10. The number of carbonyl (C=O) groups excluding carboxylic acids is 4. The molecule has 0 radical (unpaired) electrons. The Morgan fingerprint density at radius 2 is 0.731 bits per heavy atom. The second-order valence-electron chi connectivity index (χ2n) is 16.3. The van der Waals surface area contributed by atoms with Gasteiger partial charge in [0.1, 0.15) is 18.1 Å². The number of aliphatic carboxylic acids is 4. The Bertz CT molecular complexity index is 1380. The second kappa shape index (κ2) is 44.1. The van der Waals surface area contributed by atoms with Gasteiger partial charge in [-0.25, -0.2) is 15.0 Å². The van der Waals surface area contributed by atoms with E-state index in [9.17, 15) is 48.6 Å². The fourth-order valence-electron chi connectivity index (χ4n) is 6.63. The predicted molar refractivity (Wildman–Crippen MR) is 246 cm³/mol. The molecule has 67 heavy (non-hydrogen) atoms. The van der Waals surface area contributed by atoms with Gasteiger partial charge in [0.2, 0.25) is 23.6 Å². The summed E-state index contributed by atoms with van der Waals surface area (Å²) in [6.45, 7) is 2.35. The number of carbonyl (C=O) groups is 8. The zero-order valence-electron chi connectivity index (χ0n) is 39.5. The summed E-state index contributed by atoms with van der Waals surface area (Å²) >= 11 is 0. The molecule has 0 aliphatic heterocycles. The van der Waals surface area contributed by atoms with Crippen LogP contribution in [0.4, 0.5) is 0 Å². The lowest BCUT2D eigenvalue weighted by Crippen LogP contribution is -2.42. The van der Waals surface area contributed by atoms with Crippen LogP contribution < -0.4 is 32.5 Å². The van der Waals surface area contributed by atoms with Crippen molar-refractivity contribution in [1.29, 1.82) is 0 Å². The van der Waals surface area contributed by atoms with E-state index in [1.54, 1.807) is 0 Å². The van der Waals surface area contributed by atoms with Gasteiger partial charge in [0.05, 0.1) is 52.9 Å². The third-order valence-electron chi connectivity index (χ3n) is 10.5. The minimum absolute atomic E-state index is 0.0292. The van der Waals surface area contributed by atoms with Gasteiger partial charge in [0, 0.05) is 45.2 Å². The normalized spacial score (nSPS) is 12.4. The van der Waals surface area contributed by atoms with E-state index in [1.165, 1.54) is 38.5 Å². The van der Waals surface area contributed by atoms with Crippen LogP contribution in [0, 0.1) is 0 Å². The van der Waals surface area contributed by atoms with Crippen LogP contribution in [0.2, 0.25) is 0 Å². The average molecular weight is 963 g/mol. The lowest BCUT2D eigenvalue weighted by atomic mass is 10.0. The summed E-state index contributed by atoms with van der Waals surface area (Å²) in [6, 6.07) is -3.27. The largest absolute Gasteiger partial charge is 0.481 e. The predicted octanol–water partition coefficient (Wildman–Crippen LogP) is 2.79. The molecule has 4 amide bonds. The minimum Gasteiger partial charge on any atom is -0.481 e. The molecule has 0 fully saturated rings. The zero-order valence-corrected chi connectivity index (χ0v) is 39.5. The molecule has 0 saturated heterocycles. The first-order chi connectivity index (χ1) is 32.3. The van der Waals surface area contributed by atoms with Crippen molar-refractivity contribution in [2.75, 3.05) is 65.9 Å². The number of hydrazine groups is 1. The van der Waals surface area contributed by atoms with Gasteiger partial charge in [-0.15, -0.1) is 0 Å². The Labute approximate surface area is 395 Å². The van der Waals surface area contributed by atoms with Crippen molar-refractivity contribution in [2.45, 2.75) is 172 Å². The summed E-state index contributed by atoms with van der Waals surface area (Å²) in [7, 11) is 0. The van der Waals surface area contributed by atoms with E-state index in [0.29, 0.717) is 25.9 Å². The van der Waals surface area contributed by atoms with E-state index < -0.39 is 47.9 Å². The van der Waals surface area contributed by atoms with Crippen molar-refractivity contribution in [3.05, 3.63) is 0 Å². The first kappa shape index (κ1) is 62.5. The molecule has 0 aliphatic carbocycles. The molecule has 11 N–H and O–H groups in total. The molecule has 22 nitrogen and oxygen atoms in total. The molecule has 22 heteroatoms. The van der Waals surface area contributed by atoms with Crippen molar-refractivity contribution in [1.82, 2.24) is 26.7 Å². The number of carboxylic acid groups (broad SMARTS) is 4. The van der Waals surface area contributed by atoms with Crippen LogP contribution in [0.1, 0.15) is 154 Å². The van der Waals surface area contributed by atoms with E-state index in [4.69, 9.17) is 35.0 Å². The van der Waals surface area contributed by atoms with Crippen molar-refractivity contribution >= 4 is 47.5 Å². The van der Waals surface area contributed by atoms with E-state index in [2.05, 4.69) is 26.7 Å². The smallest absolute Gasteiger partial charge is 0.326 e. The third-order valence-corrected chi connectivity index (χ3v) is 10.5. The van der Waals surface area contributed by atoms with Gasteiger partial charge in [-0.2, -0.15) is 0 Å². The molecule has 388 valence electrons.